The minimum atomic E-state index is -4.95. The fourth-order valence-corrected chi connectivity index (χ4v) is 5.31. The van der Waals surface area contributed by atoms with Crippen molar-refractivity contribution in [3.05, 3.63) is 71.4 Å². The Morgan fingerprint density at radius 1 is 1.15 bits per heavy atom. The maximum absolute atomic E-state index is 12.9. The predicted octanol–water partition coefficient (Wildman–Crippen LogP) is 3.31. The van der Waals surface area contributed by atoms with Gasteiger partial charge in [0.25, 0.3) is 5.91 Å². The Bertz CT molecular complexity index is 1260. The molecule has 1 N–H and O–H groups in total. The van der Waals surface area contributed by atoms with E-state index in [2.05, 4.69) is 16.6 Å². The highest BCUT2D eigenvalue weighted by atomic mass is 32.2. The van der Waals surface area contributed by atoms with Crippen molar-refractivity contribution in [2.24, 2.45) is 0 Å². The average molecular weight is 480 g/mol. The highest BCUT2D eigenvalue weighted by molar-refractivity contribution is 7.90. The van der Waals surface area contributed by atoms with Gasteiger partial charge in [-0.2, -0.15) is 0 Å². The third-order valence-electron chi connectivity index (χ3n) is 5.46. The van der Waals surface area contributed by atoms with Gasteiger partial charge in [0, 0.05) is 17.8 Å². The topological polar surface area (TPSA) is 92.8 Å². The van der Waals surface area contributed by atoms with E-state index in [0.717, 1.165) is 18.2 Å². The molecule has 2 aliphatic rings. The van der Waals surface area contributed by atoms with E-state index >= 15 is 0 Å². The Hall–Kier alpha value is -3.34. The summed E-state index contributed by atoms with van der Waals surface area (Å²) >= 11 is 0. The van der Waals surface area contributed by atoms with Gasteiger partial charge < -0.3 is 15.0 Å². The number of allylic oxidation sites excluding steroid dienone is 1. The lowest BCUT2D eigenvalue weighted by molar-refractivity contribution is -0.274. The number of hydrogen-bond acceptors (Lipinski definition) is 5. The fourth-order valence-electron chi connectivity index (χ4n) is 3.94. The number of benzene rings is 2. The first-order valence-corrected chi connectivity index (χ1v) is 11.6. The second-order valence-corrected chi connectivity index (χ2v) is 9.84. The van der Waals surface area contributed by atoms with Crippen LogP contribution in [0.3, 0.4) is 0 Å². The van der Waals surface area contributed by atoms with Gasteiger partial charge in [-0.25, -0.2) is 8.42 Å². The number of piperidine rings is 1. The lowest BCUT2D eigenvalue weighted by atomic mass is 10.0. The van der Waals surface area contributed by atoms with Crippen LogP contribution in [-0.4, -0.2) is 37.5 Å². The molecule has 1 atom stereocenters. The largest absolute Gasteiger partial charge is 0.573 e. The molecule has 2 amide bonds. The summed E-state index contributed by atoms with van der Waals surface area (Å²) in [6.07, 6.45) is -3.95. The molecule has 11 heteroatoms. The number of ether oxygens (including phenoxy) is 1. The number of hydrogen-bond donors (Lipinski definition) is 1. The van der Waals surface area contributed by atoms with E-state index in [9.17, 15) is 31.2 Å². The van der Waals surface area contributed by atoms with E-state index in [-0.39, 0.29) is 23.3 Å². The molecule has 174 valence electrons. The van der Waals surface area contributed by atoms with E-state index in [0.29, 0.717) is 35.2 Å². The first-order chi connectivity index (χ1) is 15.4. The Morgan fingerprint density at radius 2 is 1.91 bits per heavy atom. The maximum atomic E-state index is 12.9. The molecular weight excluding hydrogens is 461 g/mol. The summed E-state index contributed by atoms with van der Waals surface area (Å²) in [5, 5.41) is 2.65. The number of fused-ring (bicyclic) bond motifs is 1. The normalized spacial score (nSPS) is 18.8. The molecule has 1 fully saturated rings. The average Bonchev–Trinajstić information content (AvgIpc) is 3.03. The summed E-state index contributed by atoms with van der Waals surface area (Å²) in [6, 6.07) is 8.12. The minimum Gasteiger partial charge on any atom is -0.406 e. The number of halogens is 3. The smallest absolute Gasteiger partial charge is 0.406 e. The standard InChI is InChI=1S/C22H19F3N2O5S/c1-13-5-8-19(20(28)26-13)27-11-15-7-6-14(9-18(15)21(27)29)12-33(30,31)17-4-2-3-16(10-17)32-22(23,24)25/h2-4,6-7,9-10,19H,1,5,8,11-12H2,(H,26,28). The lowest BCUT2D eigenvalue weighted by Gasteiger charge is -2.30. The number of carbonyl (C=O) groups is 2. The van der Waals surface area contributed by atoms with Gasteiger partial charge in [-0.1, -0.05) is 24.8 Å². The monoisotopic (exact) mass is 480 g/mol. The van der Waals surface area contributed by atoms with E-state index in [4.69, 9.17) is 0 Å². The summed E-state index contributed by atoms with van der Waals surface area (Å²) in [6.45, 7) is 3.95. The molecule has 0 spiro atoms. The van der Waals surface area contributed by atoms with Crippen LogP contribution in [0.5, 0.6) is 5.75 Å². The third-order valence-corrected chi connectivity index (χ3v) is 7.15. The zero-order valence-electron chi connectivity index (χ0n) is 17.2. The van der Waals surface area contributed by atoms with E-state index in [1.807, 2.05) is 0 Å². The van der Waals surface area contributed by atoms with Crippen molar-refractivity contribution in [2.45, 2.75) is 42.4 Å². The molecule has 0 aliphatic carbocycles. The van der Waals surface area contributed by atoms with Gasteiger partial charge in [-0.3, -0.25) is 9.59 Å². The van der Waals surface area contributed by atoms with Crippen LogP contribution in [-0.2, 0) is 26.9 Å². The van der Waals surface area contributed by atoms with E-state index in [1.54, 1.807) is 12.1 Å². The van der Waals surface area contributed by atoms with Gasteiger partial charge in [0.2, 0.25) is 5.91 Å². The molecule has 4 rings (SSSR count). The van der Waals surface area contributed by atoms with Crippen molar-refractivity contribution in [3.8, 4) is 5.75 Å². The molecule has 0 radical (unpaired) electrons. The van der Waals surface area contributed by atoms with Gasteiger partial charge in [0.1, 0.15) is 11.8 Å². The number of nitrogens with zero attached hydrogens (tertiary/aromatic N) is 1. The van der Waals surface area contributed by atoms with Gasteiger partial charge in [0.05, 0.1) is 10.6 Å². The van der Waals surface area contributed by atoms with Crippen LogP contribution in [0.1, 0.15) is 34.3 Å². The number of carbonyl (C=O) groups excluding carboxylic acids is 2. The minimum absolute atomic E-state index is 0.225. The summed E-state index contributed by atoms with van der Waals surface area (Å²) in [7, 11) is -4.02. The number of amides is 2. The predicted molar refractivity (Wildman–Crippen MR) is 111 cm³/mol. The van der Waals surface area contributed by atoms with Gasteiger partial charge in [0.15, 0.2) is 9.84 Å². The van der Waals surface area contributed by atoms with Gasteiger partial charge in [-0.15, -0.1) is 13.2 Å². The van der Waals surface area contributed by atoms with Crippen molar-refractivity contribution < 1.29 is 35.9 Å². The van der Waals surface area contributed by atoms with Crippen molar-refractivity contribution in [2.75, 3.05) is 0 Å². The SMILES string of the molecule is C=C1CCC(N2Cc3ccc(CS(=O)(=O)c4cccc(OC(F)(F)F)c4)cc3C2=O)C(=O)N1. The number of sulfone groups is 1. The van der Waals surface area contributed by atoms with Crippen LogP contribution in [0.2, 0.25) is 0 Å². The van der Waals surface area contributed by atoms with Crippen molar-refractivity contribution in [1.82, 2.24) is 10.2 Å². The zero-order valence-corrected chi connectivity index (χ0v) is 18.0. The summed E-state index contributed by atoms with van der Waals surface area (Å²) in [4.78, 5) is 26.3. The molecule has 7 nitrogen and oxygen atoms in total. The first kappa shape index (κ1) is 22.8. The molecule has 2 aromatic carbocycles. The van der Waals surface area contributed by atoms with E-state index < -0.39 is 33.7 Å². The Balaban J connectivity index is 1.54. The first-order valence-electron chi connectivity index (χ1n) is 9.93. The molecule has 0 saturated carbocycles. The summed E-state index contributed by atoms with van der Waals surface area (Å²) in [5.74, 6) is -1.85. The molecule has 2 aliphatic heterocycles. The highest BCUT2D eigenvalue weighted by Gasteiger charge is 2.38. The van der Waals surface area contributed by atoms with Gasteiger partial charge >= 0.3 is 6.36 Å². The van der Waals surface area contributed by atoms with Crippen LogP contribution in [0.25, 0.3) is 0 Å². The Morgan fingerprint density at radius 3 is 2.61 bits per heavy atom. The fraction of sp³-hybridized carbons (Fsp3) is 0.273. The molecular formula is C22H19F3N2O5S. The maximum Gasteiger partial charge on any atom is 0.573 e. The Labute approximate surface area is 187 Å². The van der Waals surface area contributed by atoms with Crippen molar-refractivity contribution in [1.29, 1.82) is 0 Å². The third kappa shape index (κ3) is 4.87. The number of nitrogens with one attached hydrogen (secondary N) is 1. The lowest BCUT2D eigenvalue weighted by Crippen LogP contribution is -2.49. The molecule has 0 aromatic heterocycles. The molecule has 1 saturated heterocycles. The number of rotatable bonds is 5. The van der Waals surface area contributed by atoms with Crippen molar-refractivity contribution >= 4 is 21.7 Å². The Kier molecular flexibility index (Phi) is 5.69. The number of alkyl halides is 3. The molecule has 2 heterocycles. The molecule has 33 heavy (non-hydrogen) atoms. The van der Waals surface area contributed by atoms with Crippen LogP contribution in [0.15, 0.2) is 59.6 Å². The molecule has 2 aromatic rings. The molecule has 0 bridgehead atoms. The van der Waals surface area contributed by atoms with Gasteiger partial charge in [-0.05, 0) is 48.2 Å². The second-order valence-electron chi connectivity index (χ2n) is 7.85. The molecule has 1 unspecified atom stereocenters. The van der Waals surface area contributed by atoms with E-state index in [1.165, 1.54) is 17.0 Å². The highest BCUT2D eigenvalue weighted by Crippen LogP contribution is 2.31. The van der Waals surface area contributed by atoms with Crippen molar-refractivity contribution in [3.63, 3.8) is 0 Å². The van der Waals surface area contributed by atoms with Crippen LogP contribution in [0.4, 0.5) is 13.2 Å². The van der Waals surface area contributed by atoms with Crippen LogP contribution < -0.4 is 10.1 Å². The van der Waals surface area contributed by atoms with Crippen LogP contribution in [0, 0.1) is 0 Å². The quantitative estimate of drug-likeness (QED) is 0.709. The summed E-state index contributed by atoms with van der Waals surface area (Å²) in [5.41, 5.74) is 1.86. The summed E-state index contributed by atoms with van der Waals surface area (Å²) < 4.78 is 66.7. The van der Waals surface area contributed by atoms with Crippen LogP contribution >= 0.6 is 0 Å². The zero-order chi connectivity index (χ0) is 24.0. The second kappa shape index (κ2) is 8.22.